The molecule has 1 aliphatic rings. The van der Waals surface area contributed by atoms with Gasteiger partial charge in [0.25, 0.3) is 0 Å². The zero-order valence-electron chi connectivity index (χ0n) is 13.6. The summed E-state index contributed by atoms with van der Waals surface area (Å²) in [6.45, 7) is 0.599. The molecule has 3 heterocycles. The second-order valence-electron chi connectivity index (χ2n) is 5.86. The zero-order valence-corrected chi connectivity index (χ0v) is 15.2. The lowest BCUT2D eigenvalue weighted by Crippen LogP contribution is -2.22. The molecule has 0 aliphatic carbocycles. The van der Waals surface area contributed by atoms with Crippen LogP contribution in [0.15, 0.2) is 47.8 Å². The van der Waals surface area contributed by atoms with E-state index in [9.17, 15) is 13.7 Å². The fraction of sp³-hybridized carbons (Fsp3) is 0.250. The molecule has 1 aromatic carbocycles. The van der Waals surface area contributed by atoms with E-state index < -0.39 is 22.0 Å². The summed E-state index contributed by atoms with van der Waals surface area (Å²) in [5.74, 6) is 0.386. The maximum absolute atomic E-state index is 11.7. The Hall–Kier alpha value is -1.78. The van der Waals surface area contributed by atoms with Gasteiger partial charge in [-0.2, -0.15) is 4.98 Å². The number of rotatable bonds is 3. The summed E-state index contributed by atoms with van der Waals surface area (Å²) in [5, 5.41) is 4.64. The molecule has 0 saturated carbocycles. The number of aromatic nitrogens is 3. The number of hydrogen-bond acceptors (Lipinski definition) is 6. The molecule has 3 aromatic rings. The lowest BCUT2D eigenvalue weighted by molar-refractivity contribution is 0.491. The van der Waals surface area contributed by atoms with Gasteiger partial charge in [-0.15, -0.1) is 10.8 Å². The van der Waals surface area contributed by atoms with Crippen LogP contribution in [0.2, 0.25) is 0 Å². The lowest BCUT2D eigenvalue weighted by Gasteiger charge is -2.39. The van der Waals surface area contributed by atoms with Crippen LogP contribution >= 0.6 is 10.8 Å². The highest BCUT2D eigenvalue weighted by Crippen LogP contribution is 2.52. The van der Waals surface area contributed by atoms with E-state index in [0.717, 1.165) is 28.9 Å². The molecule has 1 atom stereocenters. The van der Waals surface area contributed by atoms with Crippen molar-refractivity contribution in [2.75, 3.05) is 22.9 Å². The molecule has 9 heteroatoms. The van der Waals surface area contributed by atoms with E-state index in [-0.39, 0.29) is 5.16 Å². The van der Waals surface area contributed by atoms with E-state index in [1.165, 1.54) is 6.26 Å². The van der Waals surface area contributed by atoms with E-state index >= 15 is 0 Å². The molecule has 1 saturated heterocycles. The van der Waals surface area contributed by atoms with Gasteiger partial charge in [0.15, 0.2) is 0 Å². The molecule has 1 aliphatic heterocycles. The van der Waals surface area contributed by atoms with Gasteiger partial charge in [0.2, 0.25) is 0 Å². The van der Waals surface area contributed by atoms with Gasteiger partial charge in [-0.1, -0.05) is 23.3 Å². The first-order chi connectivity index (χ1) is 12.0. The summed E-state index contributed by atoms with van der Waals surface area (Å²) in [6.07, 6.45) is 3.92. The molecule has 0 radical (unpaired) electrons. The van der Waals surface area contributed by atoms with Crippen LogP contribution in [0, 0.1) is 0 Å². The molecule has 2 aromatic heterocycles. The predicted molar refractivity (Wildman–Crippen MR) is 100 cm³/mol. The molecular weight excluding hydrogens is 360 g/mol. The Morgan fingerprint density at radius 3 is 2.72 bits per heavy atom. The minimum Gasteiger partial charge on any atom is -0.609 e. The van der Waals surface area contributed by atoms with Crippen molar-refractivity contribution in [2.24, 2.45) is 0 Å². The Balaban J connectivity index is 1.89. The fourth-order valence-electron chi connectivity index (χ4n) is 3.07. The molecule has 2 N–H and O–H groups in total. The van der Waals surface area contributed by atoms with Crippen LogP contribution in [0.25, 0.3) is 16.8 Å². The average molecular weight is 378 g/mol. The SMILES string of the molecule is C[S+]([O-])c1ncc2ccc(-c3ccccc3N3CCCS3(O)O)n2n1. The van der Waals surface area contributed by atoms with Gasteiger partial charge in [-0.3, -0.25) is 13.4 Å². The second kappa shape index (κ2) is 6.19. The highest BCUT2D eigenvalue weighted by atomic mass is 32.3. The number of hydrogen-bond donors (Lipinski definition) is 2. The van der Waals surface area contributed by atoms with Crippen LogP contribution in [0.3, 0.4) is 0 Å². The van der Waals surface area contributed by atoms with Crippen LogP contribution in [0.4, 0.5) is 5.69 Å². The highest BCUT2D eigenvalue weighted by Gasteiger charge is 2.31. The second-order valence-corrected chi connectivity index (χ2v) is 9.25. The maximum atomic E-state index is 11.7. The van der Waals surface area contributed by atoms with Crippen molar-refractivity contribution in [3.05, 3.63) is 42.6 Å². The first-order valence-corrected chi connectivity index (χ1v) is 11.0. The number of nitrogens with zero attached hydrogens (tertiary/aromatic N) is 4. The first kappa shape index (κ1) is 16.7. The molecular formula is C16H18N4O3S2. The number of para-hydroxylation sites is 1. The van der Waals surface area contributed by atoms with E-state index in [0.29, 0.717) is 12.3 Å². The smallest absolute Gasteiger partial charge is 0.359 e. The molecule has 25 heavy (non-hydrogen) atoms. The van der Waals surface area contributed by atoms with Gasteiger partial charge in [0.1, 0.15) is 6.26 Å². The number of benzene rings is 1. The minimum absolute atomic E-state index is 0.257. The molecule has 1 unspecified atom stereocenters. The third-order valence-electron chi connectivity index (χ3n) is 4.22. The van der Waals surface area contributed by atoms with Crippen molar-refractivity contribution in [1.82, 2.24) is 14.6 Å². The van der Waals surface area contributed by atoms with Crippen molar-refractivity contribution in [2.45, 2.75) is 11.6 Å². The van der Waals surface area contributed by atoms with Crippen LogP contribution in [-0.4, -0.2) is 46.8 Å². The quantitative estimate of drug-likeness (QED) is 0.680. The zero-order chi connectivity index (χ0) is 17.6. The predicted octanol–water partition coefficient (Wildman–Crippen LogP) is 3.01. The molecule has 7 nitrogen and oxygen atoms in total. The molecule has 0 spiro atoms. The third kappa shape index (κ3) is 2.87. The van der Waals surface area contributed by atoms with E-state index in [4.69, 9.17) is 0 Å². The van der Waals surface area contributed by atoms with E-state index in [2.05, 4.69) is 10.1 Å². The maximum Gasteiger partial charge on any atom is 0.359 e. The van der Waals surface area contributed by atoms with Crippen molar-refractivity contribution in [3.8, 4) is 11.3 Å². The Morgan fingerprint density at radius 1 is 1.20 bits per heavy atom. The molecule has 0 bridgehead atoms. The fourth-order valence-corrected chi connectivity index (χ4v) is 5.10. The van der Waals surface area contributed by atoms with Gasteiger partial charge < -0.3 is 4.55 Å². The van der Waals surface area contributed by atoms with Crippen molar-refractivity contribution in [3.63, 3.8) is 0 Å². The van der Waals surface area contributed by atoms with Crippen LogP contribution < -0.4 is 4.31 Å². The summed E-state index contributed by atoms with van der Waals surface area (Å²) in [5.41, 5.74) is 3.18. The average Bonchev–Trinajstić information content (AvgIpc) is 3.16. The van der Waals surface area contributed by atoms with Crippen LogP contribution in [0.5, 0.6) is 0 Å². The van der Waals surface area contributed by atoms with Gasteiger partial charge in [0.05, 0.1) is 28.8 Å². The van der Waals surface area contributed by atoms with Gasteiger partial charge in [-0.05, 0) is 24.6 Å². The first-order valence-electron chi connectivity index (χ1n) is 7.78. The Morgan fingerprint density at radius 2 is 2.00 bits per heavy atom. The highest BCUT2D eigenvalue weighted by molar-refractivity contribution is 8.25. The normalized spacial score (nSPS) is 19.3. The number of anilines is 1. The van der Waals surface area contributed by atoms with Crippen LogP contribution in [0.1, 0.15) is 6.42 Å². The van der Waals surface area contributed by atoms with Gasteiger partial charge >= 0.3 is 5.16 Å². The van der Waals surface area contributed by atoms with Crippen molar-refractivity contribution in [1.29, 1.82) is 0 Å². The molecule has 4 rings (SSSR count). The summed E-state index contributed by atoms with van der Waals surface area (Å²) in [4.78, 5) is 4.12. The molecule has 1 fully saturated rings. The largest absolute Gasteiger partial charge is 0.609 e. The van der Waals surface area contributed by atoms with Crippen molar-refractivity contribution >= 4 is 33.2 Å². The van der Waals surface area contributed by atoms with Gasteiger partial charge in [0, 0.05) is 23.3 Å². The summed E-state index contributed by atoms with van der Waals surface area (Å²) >= 11 is -1.28. The minimum atomic E-state index is -2.79. The van der Waals surface area contributed by atoms with E-state index in [1.54, 1.807) is 15.0 Å². The Labute approximate surface area is 150 Å². The summed E-state index contributed by atoms with van der Waals surface area (Å²) in [7, 11) is -2.79. The van der Waals surface area contributed by atoms with Gasteiger partial charge in [-0.25, -0.2) is 4.52 Å². The standard InChI is InChI=1S/C16H18N4O3S2/c1-24(21)16-17-11-12-7-8-15(20(12)18-16)13-5-2-3-6-14(13)19-9-4-10-25(19,22)23/h2-3,5-8,11,22-23H,4,9-10H2,1H3. The number of fused-ring (bicyclic) bond motifs is 1. The monoisotopic (exact) mass is 378 g/mol. The summed E-state index contributed by atoms with van der Waals surface area (Å²) in [6, 6.07) is 11.4. The topological polar surface area (TPSA) is 97.0 Å². The Bertz CT molecular complexity index is 929. The lowest BCUT2D eigenvalue weighted by atomic mass is 10.1. The molecule has 0 amide bonds. The molecule has 132 valence electrons. The third-order valence-corrected chi connectivity index (χ3v) is 6.84. The Kier molecular flexibility index (Phi) is 4.13. The van der Waals surface area contributed by atoms with Crippen LogP contribution in [-0.2, 0) is 11.2 Å². The summed E-state index contributed by atoms with van der Waals surface area (Å²) < 4.78 is 35.8. The van der Waals surface area contributed by atoms with E-state index in [1.807, 2.05) is 36.4 Å². The van der Waals surface area contributed by atoms with Crippen molar-refractivity contribution < 1.29 is 13.7 Å².